The summed E-state index contributed by atoms with van der Waals surface area (Å²) in [5.74, 6) is -0.141. The molecule has 1 heterocycles. The fourth-order valence-electron chi connectivity index (χ4n) is 3.35. The number of aliphatic hydroxyl groups excluding tert-OH is 1. The minimum Gasteiger partial charge on any atom is -0.391 e. The molecule has 0 spiro atoms. The second-order valence-corrected chi connectivity index (χ2v) is 5.65. The van der Waals surface area contributed by atoms with Crippen LogP contribution in [0.4, 0.5) is 0 Å². The van der Waals surface area contributed by atoms with E-state index in [1.807, 2.05) is 13.8 Å². The summed E-state index contributed by atoms with van der Waals surface area (Å²) in [5.41, 5.74) is -0.506. The van der Waals surface area contributed by atoms with Crippen molar-refractivity contribution in [3.63, 3.8) is 0 Å². The minimum atomic E-state index is -0.531. The zero-order valence-electron chi connectivity index (χ0n) is 11.3. The van der Waals surface area contributed by atoms with Gasteiger partial charge in [0.25, 0.3) is 0 Å². The van der Waals surface area contributed by atoms with Crippen LogP contribution in [0.1, 0.15) is 58.8 Å². The number of imide groups is 1. The topological polar surface area (TPSA) is 57.6 Å². The van der Waals surface area contributed by atoms with Gasteiger partial charge >= 0.3 is 0 Å². The molecule has 0 radical (unpaired) electrons. The first kappa shape index (κ1) is 13.5. The Morgan fingerprint density at radius 3 is 2.33 bits per heavy atom. The Balaban J connectivity index is 2.23. The molecule has 2 fully saturated rings. The predicted molar refractivity (Wildman–Crippen MR) is 67.7 cm³/mol. The van der Waals surface area contributed by atoms with Crippen molar-refractivity contribution in [2.24, 2.45) is 5.41 Å². The van der Waals surface area contributed by atoms with Crippen LogP contribution in [-0.2, 0) is 9.59 Å². The van der Waals surface area contributed by atoms with Gasteiger partial charge in [0, 0.05) is 6.42 Å². The lowest BCUT2D eigenvalue weighted by molar-refractivity contribution is -0.148. The predicted octanol–water partition coefficient (Wildman–Crippen LogP) is 1.86. The van der Waals surface area contributed by atoms with Gasteiger partial charge in [-0.05, 0) is 25.7 Å². The van der Waals surface area contributed by atoms with E-state index in [2.05, 4.69) is 0 Å². The van der Waals surface area contributed by atoms with Crippen molar-refractivity contribution in [3.8, 4) is 0 Å². The molecule has 4 nitrogen and oxygen atoms in total. The van der Waals surface area contributed by atoms with Crippen molar-refractivity contribution in [1.82, 2.24) is 4.90 Å². The fourth-order valence-corrected chi connectivity index (χ4v) is 3.35. The first-order valence-corrected chi connectivity index (χ1v) is 7.10. The van der Waals surface area contributed by atoms with Gasteiger partial charge in [0.2, 0.25) is 11.8 Å². The van der Waals surface area contributed by atoms with Crippen molar-refractivity contribution in [2.45, 2.75) is 70.9 Å². The molecular weight excluding hydrogens is 230 g/mol. The van der Waals surface area contributed by atoms with Crippen LogP contribution in [-0.4, -0.2) is 34.0 Å². The largest absolute Gasteiger partial charge is 0.391 e. The molecule has 1 aliphatic carbocycles. The van der Waals surface area contributed by atoms with E-state index in [9.17, 15) is 14.7 Å². The van der Waals surface area contributed by atoms with E-state index in [0.717, 1.165) is 19.3 Å². The first-order chi connectivity index (χ1) is 8.55. The van der Waals surface area contributed by atoms with Crippen molar-refractivity contribution in [1.29, 1.82) is 0 Å². The van der Waals surface area contributed by atoms with Crippen molar-refractivity contribution in [2.75, 3.05) is 0 Å². The first-order valence-electron chi connectivity index (χ1n) is 7.10. The number of hydrogen-bond donors (Lipinski definition) is 1. The molecule has 102 valence electrons. The molecular formula is C14H23NO3. The second kappa shape index (κ2) is 5.00. The SMILES string of the molecule is CCC1(CC)CC(=O)N(C2CCCCC2O)C1=O. The Morgan fingerprint density at radius 2 is 1.83 bits per heavy atom. The maximum Gasteiger partial charge on any atom is 0.236 e. The molecule has 0 aromatic rings. The van der Waals surface area contributed by atoms with Crippen LogP contribution >= 0.6 is 0 Å². The Morgan fingerprint density at radius 1 is 1.22 bits per heavy atom. The van der Waals surface area contributed by atoms with Crippen molar-refractivity contribution >= 4 is 11.8 Å². The van der Waals surface area contributed by atoms with Gasteiger partial charge in [0.15, 0.2) is 0 Å². The van der Waals surface area contributed by atoms with Crippen molar-refractivity contribution < 1.29 is 14.7 Å². The smallest absolute Gasteiger partial charge is 0.236 e. The highest BCUT2D eigenvalue weighted by Crippen LogP contribution is 2.41. The Kier molecular flexibility index (Phi) is 3.76. The molecule has 1 N–H and O–H groups in total. The molecule has 0 aromatic carbocycles. The summed E-state index contributed by atoms with van der Waals surface area (Å²) in [6.45, 7) is 3.94. The van der Waals surface area contributed by atoms with Gasteiger partial charge < -0.3 is 5.11 Å². The number of aliphatic hydroxyl groups is 1. The van der Waals surface area contributed by atoms with Gasteiger partial charge in [0.05, 0.1) is 17.6 Å². The molecule has 2 atom stereocenters. The van der Waals surface area contributed by atoms with Gasteiger partial charge in [-0.3, -0.25) is 14.5 Å². The number of nitrogens with zero attached hydrogens (tertiary/aromatic N) is 1. The summed E-state index contributed by atoms with van der Waals surface area (Å²) in [4.78, 5) is 26.1. The second-order valence-electron chi connectivity index (χ2n) is 5.65. The summed E-state index contributed by atoms with van der Waals surface area (Å²) < 4.78 is 0. The summed E-state index contributed by atoms with van der Waals surface area (Å²) in [5, 5.41) is 10.0. The summed E-state index contributed by atoms with van der Waals surface area (Å²) >= 11 is 0. The lowest BCUT2D eigenvalue weighted by Crippen LogP contribution is -2.49. The molecule has 0 bridgehead atoms. The zero-order valence-corrected chi connectivity index (χ0v) is 11.3. The molecule has 18 heavy (non-hydrogen) atoms. The molecule has 4 heteroatoms. The number of carbonyl (C=O) groups excluding carboxylic acids is 2. The molecule has 2 aliphatic rings. The van der Waals surface area contributed by atoms with Crippen LogP contribution in [0.3, 0.4) is 0 Å². The number of likely N-dealkylation sites (tertiary alicyclic amines) is 1. The molecule has 1 aliphatic heterocycles. The minimum absolute atomic E-state index is 0.0524. The molecule has 0 aromatic heterocycles. The molecule has 2 unspecified atom stereocenters. The Bertz CT molecular complexity index is 349. The van der Waals surface area contributed by atoms with E-state index < -0.39 is 11.5 Å². The Labute approximate surface area is 108 Å². The van der Waals surface area contributed by atoms with Gasteiger partial charge in [-0.15, -0.1) is 0 Å². The van der Waals surface area contributed by atoms with E-state index in [1.165, 1.54) is 4.90 Å². The molecule has 1 saturated carbocycles. The lowest BCUT2D eigenvalue weighted by atomic mass is 9.80. The monoisotopic (exact) mass is 253 g/mol. The van der Waals surface area contributed by atoms with E-state index in [4.69, 9.17) is 0 Å². The average molecular weight is 253 g/mol. The highest BCUT2D eigenvalue weighted by atomic mass is 16.3. The summed E-state index contributed by atoms with van der Waals surface area (Å²) in [6, 6.07) is -0.279. The fraction of sp³-hybridized carbons (Fsp3) is 0.857. The molecule has 2 amide bonds. The van der Waals surface area contributed by atoms with Crippen LogP contribution in [0.2, 0.25) is 0 Å². The number of hydrogen-bond acceptors (Lipinski definition) is 3. The van der Waals surface area contributed by atoms with Crippen molar-refractivity contribution in [3.05, 3.63) is 0 Å². The number of amides is 2. The molecule has 1 saturated heterocycles. The van der Waals surface area contributed by atoms with Crippen LogP contribution in [0.5, 0.6) is 0 Å². The Hall–Kier alpha value is -0.900. The van der Waals surface area contributed by atoms with Gasteiger partial charge in [-0.25, -0.2) is 0 Å². The van der Waals surface area contributed by atoms with E-state index in [0.29, 0.717) is 25.7 Å². The zero-order chi connectivity index (χ0) is 13.3. The highest BCUT2D eigenvalue weighted by Gasteiger charge is 2.52. The molecule has 2 rings (SSSR count). The lowest BCUT2D eigenvalue weighted by Gasteiger charge is -2.35. The maximum absolute atomic E-state index is 12.5. The number of rotatable bonds is 3. The maximum atomic E-state index is 12.5. The van der Waals surface area contributed by atoms with E-state index in [1.54, 1.807) is 0 Å². The normalized spacial score (nSPS) is 32.1. The third-order valence-electron chi connectivity index (χ3n) is 4.81. The van der Waals surface area contributed by atoms with Crippen LogP contribution in [0.25, 0.3) is 0 Å². The third-order valence-corrected chi connectivity index (χ3v) is 4.81. The van der Waals surface area contributed by atoms with Gasteiger partial charge in [-0.1, -0.05) is 26.7 Å². The van der Waals surface area contributed by atoms with Crippen LogP contribution in [0.15, 0.2) is 0 Å². The third kappa shape index (κ3) is 1.96. The van der Waals surface area contributed by atoms with Gasteiger partial charge in [0.1, 0.15) is 0 Å². The van der Waals surface area contributed by atoms with Gasteiger partial charge in [-0.2, -0.15) is 0 Å². The van der Waals surface area contributed by atoms with E-state index >= 15 is 0 Å². The summed E-state index contributed by atoms with van der Waals surface area (Å²) in [6.07, 6.45) is 4.62. The number of carbonyl (C=O) groups is 2. The quantitative estimate of drug-likeness (QED) is 0.781. The summed E-state index contributed by atoms with van der Waals surface area (Å²) in [7, 11) is 0. The van der Waals surface area contributed by atoms with Crippen LogP contribution < -0.4 is 0 Å². The highest BCUT2D eigenvalue weighted by molar-refractivity contribution is 6.06. The average Bonchev–Trinajstić information content (AvgIpc) is 2.62. The standard InChI is InChI=1S/C14H23NO3/c1-3-14(4-2)9-12(17)15(13(14)18)10-7-5-6-8-11(10)16/h10-11,16H,3-9H2,1-2H3. The van der Waals surface area contributed by atoms with E-state index in [-0.39, 0.29) is 17.9 Å². The van der Waals surface area contributed by atoms with Crippen LogP contribution in [0, 0.1) is 5.41 Å².